The maximum absolute atomic E-state index is 14.6. The van der Waals surface area contributed by atoms with Gasteiger partial charge >= 0.3 is 0 Å². The van der Waals surface area contributed by atoms with Crippen LogP contribution in [0.3, 0.4) is 0 Å². The molecule has 1 saturated heterocycles. The van der Waals surface area contributed by atoms with Crippen molar-refractivity contribution in [3.05, 3.63) is 119 Å². The largest absolute Gasteiger partial charge is 0.341 e. The summed E-state index contributed by atoms with van der Waals surface area (Å²) in [6, 6.07) is 9.53. The number of imidazole rings is 1. The number of fused-ring (bicyclic) bond motifs is 2. The van der Waals surface area contributed by atoms with Crippen LogP contribution in [0.4, 0.5) is 0 Å². The molecule has 1 amide bonds. The van der Waals surface area contributed by atoms with Crippen LogP contribution in [0.1, 0.15) is 76.4 Å². The van der Waals surface area contributed by atoms with Crippen LogP contribution in [0.5, 0.6) is 0 Å². The van der Waals surface area contributed by atoms with E-state index in [0.29, 0.717) is 37.7 Å². The number of thiol groups is 1. The van der Waals surface area contributed by atoms with Crippen LogP contribution in [0.15, 0.2) is 91.7 Å². The average molecular weight is 723 g/mol. The Labute approximate surface area is 309 Å². The SMILES string of the molecule is C=C/C=C\C=C(\C)CN(CCC)C(=O)[C@H]1CN(OOC(C)(C)S)CCN1C1c2ccc(Cl)cc2CCc2cccnc21.CC.Cn1ccnc1. The fourth-order valence-corrected chi connectivity index (χ4v) is 6.18. The van der Waals surface area contributed by atoms with Gasteiger partial charge in [-0.25, -0.2) is 9.87 Å². The summed E-state index contributed by atoms with van der Waals surface area (Å²) in [6.45, 7) is 18.1. The highest BCUT2D eigenvalue weighted by molar-refractivity contribution is 7.81. The highest BCUT2D eigenvalue weighted by Crippen LogP contribution is 2.39. The number of hydrogen-bond acceptors (Lipinski definition) is 8. The van der Waals surface area contributed by atoms with Crippen molar-refractivity contribution >= 4 is 30.1 Å². The number of aryl methyl sites for hydroxylation is 3. The maximum Gasteiger partial charge on any atom is 0.241 e. The van der Waals surface area contributed by atoms with Crippen LogP contribution in [0, 0.1) is 0 Å². The second kappa shape index (κ2) is 20.6. The number of nitrogens with zero attached hydrogens (tertiary/aromatic N) is 6. The van der Waals surface area contributed by atoms with Gasteiger partial charge in [-0.3, -0.25) is 14.7 Å². The van der Waals surface area contributed by atoms with Gasteiger partial charge in [-0.2, -0.15) is 5.06 Å². The number of rotatable bonds is 11. The Morgan fingerprint density at radius 3 is 2.56 bits per heavy atom. The lowest BCUT2D eigenvalue weighted by molar-refractivity contribution is -0.452. The van der Waals surface area contributed by atoms with Gasteiger partial charge in [-0.15, -0.1) is 17.6 Å². The van der Waals surface area contributed by atoms with E-state index < -0.39 is 11.0 Å². The predicted molar refractivity (Wildman–Crippen MR) is 207 cm³/mol. The van der Waals surface area contributed by atoms with Gasteiger partial charge in [-0.1, -0.05) is 81.0 Å². The number of allylic oxidation sites excluding steroid dienone is 4. The third-order valence-corrected chi connectivity index (χ3v) is 8.42. The molecule has 1 aromatic carbocycles. The number of halogens is 1. The maximum atomic E-state index is 14.6. The van der Waals surface area contributed by atoms with Gasteiger partial charge in [0.05, 0.1) is 24.6 Å². The molecule has 1 aliphatic heterocycles. The Morgan fingerprint density at radius 2 is 1.92 bits per heavy atom. The van der Waals surface area contributed by atoms with Crippen molar-refractivity contribution in [3.63, 3.8) is 0 Å². The van der Waals surface area contributed by atoms with E-state index >= 15 is 0 Å². The molecule has 1 aliphatic carbocycles. The molecule has 2 atom stereocenters. The van der Waals surface area contributed by atoms with Gasteiger partial charge in [0.1, 0.15) is 11.0 Å². The molecular formula is C39H55ClN6O3S. The van der Waals surface area contributed by atoms with E-state index in [1.807, 2.05) is 93.9 Å². The first-order valence-corrected chi connectivity index (χ1v) is 18.3. The van der Waals surface area contributed by atoms with E-state index in [9.17, 15) is 4.79 Å². The van der Waals surface area contributed by atoms with Crippen LogP contribution in [-0.4, -0.2) is 79.0 Å². The number of pyridine rings is 1. The van der Waals surface area contributed by atoms with Crippen LogP contribution in [0.2, 0.25) is 5.02 Å². The summed E-state index contributed by atoms with van der Waals surface area (Å²) in [5.74, 6) is 0.0491. The highest BCUT2D eigenvalue weighted by atomic mass is 35.5. The Hall–Kier alpha value is -3.25. The number of amides is 1. The first kappa shape index (κ1) is 41.2. The molecule has 0 bridgehead atoms. The first-order valence-electron chi connectivity index (χ1n) is 17.5. The van der Waals surface area contributed by atoms with Crippen molar-refractivity contribution in [2.24, 2.45) is 7.05 Å². The molecule has 0 spiro atoms. The molecule has 11 heteroatoms. The molecule has 9 nitrogen and oxygen atoms in total. The zero-order valence-corrected chi connectivity index (χ0v) is 32.4. The number of piperazine rings is 1. The quantitative estimate of drug-likeness (QED) is 0.0712. The highest BCUT2D eigenvalue weighted by Gasteiger charge is 2.42. The monoisotopic (exact) mass is 722 g/mol. The Kier molecular flexibility index (Phi) is 16.9. The summed E-state index contributed by atoms with van der Waals surface area (Å²) in [4.78, 5) is 38.0. The van der Waals surface area contributed by atoms with Crippen LogP contribution in [-0.2, 0) is 34.6 Å². The number of hydrogen-bond donors (Lipinski definition) is 1. The number of hydroxylamine groups is 2. The Bertz CT molecular complexity index is 1560. The van der Waals surface area contributed by atoms with Gasteiger partial charge in [-0.05, 0) is 74.9 Å². The number of carbonyl (C=O) groups excluding carboxylic acids is 1. The second-order valence-corrected chi connectivity index (χ2v) is 14.2. The molecular weight excluding hydrogens is 668 g/mol. The third-order valence-electron chi connectivity index (χ3n) is 8.11. The van der Waals surface area contributed by atoms with Crippen molar-refractivity contribution in [1.82, 2.24) is 29.4 Å². The van der Waals surface area contributed by atoms with Gasteiger partial charge in [0, 0.05) is 56.8 Å². The fraction of sp³-hybridized carbons (Fsp3) is 0.462. The minimum Gasteiger partial charge on any atom is -0.341 e. The molecule has 3 heterocycles. The number of benzene rings is 1. The molecule has 0 radical (unpaired) electrons. The van der Waals surface area contributed by atoms with E-state index in [0.717, 1.165) is 36.1 Å². The standard InChI is InChI=1S/C33H43ClN4O3S.C4H6N2.C2H6/c1-6-8-9-11-24(3)22-36(18-7-2)32(39)29-23-37(41-40-33(4,5)42)19-20-38(29)31-28-16-15-27(34)21-26(28)14-13-25-12-10-17-35-30(25)31;1-6-3-2-5-4-6;1-2/h6,8-12,15-17,21,29,31,42H,1,7,13-14,18-20,22-23H2,2-5H3;2-4H,1H3;1-2H3/b9-8-,24-11-;;/t29-,31?;;/m1../s1. The zero-order valence-electron chi connectivity index (χ0n) is 30.8. The second-order valence-electron chi connectivity index (χ2n) is 12.7. The number of aromatic nitrogens is 3. The van der Waals surface area contributed by atoms with Crippen molar-refractivity contribution in [1.29, 1.82) is 0 Å². The minimum atomic E-state index is -0.784. The minimum absolute atomic E-state index is 0.0491. The summed E-state index contributed by atoms with van der Waals surface area (Å²) < 4.78 is 1.89. The van der Waals surface area contributed by atoms with E-state index in [1.165, 1.54) is 11.1 Å². The van der Waals surface area contributed by atoms with Crippen molar-refractivity contribution in [2.75, 3.05) is 32.7 Å². The third kappa shape index (κ3) is 12.2. The van der Waals surface area contributed by atoms with Gasteiger partial charge in [0.2, 0.25) is 5.91 Å². The van der Waals surface area contributed by atoms with Crippen molar-refractivity contribution in [3.8, 4) is 0 Å². The summed E-state index contributed by atoms with van der Waals surface area (Å²) >= 11 is 10.9. The molecule has 2 aliphatic rings. The van der Waals surface area contributed by atoms with Crippen molar-refractivity contribution < 1.29 is 14.7 Å². The lowest BCUT2D eigenvalue weighted by atomic mass is 9.94. The molecule has 1 unspecified atom stereocenters. The molecule has 2 aromatic heterocycles. The van der Waals surface area contributed by atoms with E-state index in [1.54, 1.807) is 23.7 Å². The topological polar surface area (TPSA) is 76.0 Å². The van der Waals surface area contributed by atoms with Gasteiger partial charge in [0.25, 0.3) is 0 Å². The molecule has 0 saturated carbocycles. The van der Waals surface area contributed by atoms with E-state index in [2.05, 4.69) is 54.2 Å². The lowest BCUT2D eigenvalue weighted by Gasteiger charge is -2.45. The zero-order chi connectivity index (χ0) is 36.7. The molecule has 1 fully saturated rings. The van der Waals surface area contributed by atoms with Crippen molar-refractivity contribution in [2.45, 2.75) is 77.8 Å². The lowest BCUT2D eigenvalue weighted by Crippen LogP contribution is -2.60. The first-order chi connectivity index (χ1) is 24.0. The van der Waals surface area contributed by atoms with Crippen LogP contribution >= 0.6 is 24.2 Å². The smallest absolute Gasteiger partial charge is 0.241 e. The summed E-state index contributed by atoms with van der Waals surface area (Å²) in [5.41, 5.74) is 5.61. The Morgan fingerprint density at radius 1 is 1.16 bits per heavy atom. The molecule has 50 heavy (non-hydrogen) atoms. The van der Waals surface area contributed by atoms with E-state index in [4.69, 9.17) is 26.5 Å². The summed E-state index contributed by atoms with van der Waals surface area (Å²) in [7, 11) is 1.94. The fourth-order valence-electron chi connectivity index (χ4n) is 5.96. The van der Waals surface area contributed by atoms with Gasteiger partial charge < -0.3 is 9.47 Å². The Balaban J connectivity index is 0.000000752. The average Bonchev–Trinajstić information content (AvgIpc) is 3.53. The summed E-state index contributed by atoms with van der Waals surface area (Å²) in [6.07, 6.45) is 17.4. The van der Waals surface area contributed by atoms with E-state index in [-0.39, 0.29) is 11.9 Å². The van der Waals surface area contributed by atoms with Gasteiger partial charge in [0.15, 0.2) is 0 Å². The molecule has 272 valence electrons. The number of carbonyl (C=O) groups is 1. The molecule has 3 aromatic rings. The molecule has 5 rings (SSSR count). The normalized spacial score (nSPS) is 18.1. The van der Waals surface area contributed by atoms with Crippen LogP contribution < -0.4 is 0 Å². The van der Waals surface area contributed by atoms with Crippen LogP contribution in [0.25, 0.3) is 0 Å². The summed E-state index contributed by atoms with van der Waals surface area (Å²) in [5, 5.41) is 2.45. The molecule has 0 N–H and O–H groups in total. The predicted octanol–water partition coefficient (Wildman–Crippen LogP) is 7.81.